The van der Waals surface area contributed by atoms with Gasteiger partial charge in [0.1, 0.15) is 0 Å². The van der Waals surface area contributed by atoms with Gasteiger partial charge in [0.05, 0.1) is 18.1 Å². The maximum Gasteiger partial charge on any atom is 0.251 e. The average molecular weight is 381 g/mol. The van der Waals surface area contributed by atoms with Crippen molar-refractivity contribution in [3.05, 3.63) is 29.8 Å². The van der Waals surface area contributed by atoms with Crippen LogP contribution in [0.3, 0.4) is 0 Å². The van der Waals surface area contributed by atoms with Gasteiger partial charge in [0.15, 0.2) is 0 Å². The quantitative estimate of drug-likeness (QED) is 0.793. The van der Waals surface area contributed by atoms with Gasteiger partial charge in [-0.05, 0) is 37.1 Å². The van der Waals surface area contributed by atoms with Crippen LogP contribution < -0.4 is 5.32 Å². The Morgan fingerprint density at radius 1 is 1.00 bits per heavy atom. The van der Waals surface area contributed by atoms with Crippen LogP contribution in [0.15, 0.2) is 29.2 Å². The highest BCUT2D eigenvalue weighted by molar-refractivity contribution is 7.89. The summed E-state index contributed by atoms with van der Waals surface area (Å²) >= 11 is 0. The Balaban J connectivity index is 1.53. The van der Waals surface area contributed by atoms with Crippen molar-refractivity contribution in [3.8, 4) is 0 Å². The second-order valence-electron chi connectivity index (χ2n) is 6.70. The molecule has 0 bridgehead atoms. The van der Waals surface area contributed by atoms with Crippen molar-refractivity contribution in [1.29, 1.82) is 0 Å². The number of hydrogen-bond acceptors (Lipinski definition) is 5. The van der Waals surface area contributed by atoms with Crippen molar-refractivity contribution in [3.63, 3.8) is 0 Å². The molecule has 2 aliphatic rings. The third-order valence-electron chi connectivity index (χ3n) is 4.89. The molecule has 2 fully saturated rings. The molecular formula is C18H27N3O4S. The van der Waals surface area contributed by atoms with Gasteiger partial charge in [-0.2, -0.15) is 4.31 Å². The number of hydrogen-bond donors (Lipinski definition) is 1. The highest BCUT2D eigenvalue weighted by Crippen LogP contribution is 2.20. The van der Waals surface area contributed by atoms with E-state index in [4.69, 9.17) is 4.74 Å². The summed E-state index contributed by atoms with van der Waals surface area (Å²) in [6.45, 7) is 5.75. The maximum absolute atomic E-state index is 12.6. The number of morpholine rings is 1. The SMILES string of the molecule is O=C(NCCN1CCOCC1)c1ccc(S(=O)(=O)N2CCCCC2)cc1. The Morgan fingerprint density at radius 3 is 2.31 bits per heavy atom. The van der Waals surface area contributed by atoms with Crippen LogP contribution in [0.4, 0.5) is 0 Å². The fraction of sp³-hybridized carbons (Fsp3) is 0.611. The molecule has 1 aromatic carbocycles. The maximum atomic E-state index is 12.6. The molecule has 0 radical (unpaired) electrons. The molecule has 1 amide bonds. The van der Waals surface area contributed by atoms with Crippen LogP contribution in [-0.2, 0) is 14.8 Å². The van der Waals surface area contributed by atoms with E-state index in [1.165, 1.54) is 16.4 Å². The first kappa shape index (κ1) is 19.3. The van der Waals surface area contributed by atoms with Gasteiger partial charge in [-0.15, -0.1) is 0 Å². The molecule has 2 heterocycles. The molecule has 2 aliphatic heterocycles. The molecule has 0 spiro atoms. The molecule has 1 N–H and O–H groups in total. The zero-order valence-electron chi connectivity index (χ0n) is 15.0. The first-order valence-electron chi connectivity index (χ1n) is 9.26. The summed E-state index contributed by atoms with van der Waals surface area (Å²) in [4.78, 5) is 14.7. The van der Waals surface area contributed by atoms with Crippen LogP contribution in [0.25, 0.3) is 0 Å². The highest BCUT2D eigenvalue weighted by Gasteiger charge is 2.25. The molecule has 144 valence electrons. The predicted molar refractivity (Wildman–Crippen MR) is 98.6 cm³/mol. The molecule has 0 aromatic heterocycles. The Hall–Kier alpha value is -1.48. The van der Waals surface area contributed by atoms with Crippen LogP contribution in [0, 0.1) is 0 Å². The smallest absolute Gasteiger partial charge is 0.251 e. The van der Waals surface area contributed by atoms with E-state index >= 15 is 0 Å². The van der Waals surface area contributed by atoms with E-state index in [9.17, 15) is 13.2 Å². The van der Waals surface area contributed by atoms with Gasteiger partial charge in [-0.3, -0.25) is 9.69 Å². The van der Waals surface area contributed by atoms with E-state index in [1.807, 2.05) is 0 Å². The second kappa shape index (κ2) is 8.94. The first-order valence-corrected chi connectivity index (χ1v) is 10.7. The lowest BCUT2D eigenvalue weighted by molar-refractivity contribution is 0.0383. The van der Waals surface area contributed by atoms with Crippen molar-refractivity contribution in [2.75, 3.05) is 52.5 Å². The van der Waals surface area contributed by atoms with E-state index in [0.717, 1.165) is 52.1 Å². The molecule has 2 saturated heterocycles. The Labute approximate surface area is 155 Å². The Kier molecular flexibility index (Phi) is 6.63. The fourth-order valence-electron chi connectivity index (χ4n) is 3.29. The van der Waals surface area contributed by atoms with Crippen molar-refractivity contribution in [2.45, 2.75) is 24.2 Å². The summed E-state index contributed by atoms with van der Waals surface area (Å²) in [7, 11) is -3.45. The predicted octanol–water partition coefficient (Wildman–Crippen LogP) is 0.923. The third kappa shape index (κ3) is 4.82. The van der Waals surface area contributed by atoms with Gasteiger partial charge < -0.3 is 10.1 Å². The van der Waals surface area contributed by atoms with E-state index < -0.39 is 10.0 Å². The number of carbonyl (C=O) groups excluding carboxylic acids is 1. The molecule has 26 heavy (non-hydrogen) atoms. The van der Waals surface area contributed by atoms with Crippen LogP contribution in [0.1, 0.15) is 29.6 Å². The van der Waals surface area contributed by atoms with Gasteiger partial charge in [0.2, 0.25) is 10.0 Å². The summed E-state index contributed by atoms with van der Waals surface area (Å²) in [6.07, 6.45) is 2.89. The van der Waals surface area contributed by atoms with E-state index in [-0.39, 0.29) is 10.8 Å². The van der Waals surface area contributed by atoms with E-state index in [0.29, 0.717) is 25.2 Å². The molecular weight excluding hydrogens is 354 g/mol. The molecule has 8 heteroatoms. The van der Waals surface area contributed by atoms with Gasteiger partial charge >= 0.3 is 0 Å². The molecule has 0 atom stereocenters. The third-order valence-corrected chi connectivity index (χ3v) is 6.80. The van der Waals surface area contributed by atoms with E-state index in [2.05, 4.69) is 10.2 Å². The van der Waals surface area contributed by atoms with E-state index in [1.54, 1.807) is 12.1 Å². The number of carbonyl (C=O) groups is 1. The molecule has 1 aromatic rings. The summed E-state index contributed by atoms with van der Waals surface area (Å²) in [5, 5.41) is 2.89. The number of nitrogens with one attached hydrogen (secondary N) is 1. The molecule has 3 rings (SSSR count). The minimum absolute atomic E-state index is 0.180. The van der Waals surface area contributed by atoms with Gasteiger partial charge in [0, 0.05) is 44.8 Å². The number of nitrogens with zero attached hydrogens (tertiary/aromatic N) is 2. The summed E-state index contributed by atoms with van der Waals surface area (Å²) in [6, 6.07) is 6.23. The molecule has 7 nitrogen and oxygen atoms in total. The van der Waals surface area contributed by atoms with Crippen LogP contribution in [0.5, 0.6) is 0 Å². The standard InChI is InChI=1S/C18H27N3O4S/c22-18(19-8-11-20-12-14-25-15-13-20)16-4-6-17(7-5-16)26(23,24)21-9-2-1-3-10-21/h4-7H,1-3,8-15H2,(H,19,22). The number of rotatable bonds is 6. The first-order chi connectivity index (χ1) is 12.6. The number of ether oxygens (including phenoxy) is 1. The number of piperidine rings is 1. The lowest BCUT2D eigenvalue weighted by atomic mass is 10.2. The number of sulfonamides is 1. The van der Waals surface area contributed by atoms with Crippen LogP contribution >= 0.6 is 0 Å². The van der Waals surface area contributed by atoms with Crippen LogP contribution in [0.2, 0.25) is 0 Å². The van der Waals surface area contributed by atoms with Gasteiger partial charge in [0.25, 0.3) is 5.91 Å². The van der Waals surface area contributed by atoms with Crippen molar-refractivity contribution >= 4 is 15.9 Å². The molecule has 0 aliphatic carbocycles. The Morgan fingerprint density at radius 2 is 1.65 bits per heavy atom. The minimum Gasteiger partial charge on any atom is -0.379 e. The molecule has 0 saturated carbocycles. The summed E-state index contributed by atoms with van der Waals surface area (Å²) < 4.78 is 32.1. The zero-order valence-corrected chi connectivity index (χ0v) is 15.8. The van der Waals surface area contributed by atoms with Crippen molar-refractivity contribution in [1.82, 2.24) is 14.5 Å². The largest absolute Gasteiger partial charge is 0.379 e. The lowest BCUT2D eigenvalue weighted by Gasteiger charge is -2.26. The zero-order chi connectivity index (χ0) is 18.4. The lowest BCUT2D eigenvalue weighted by Crippen LogP contribution is -2.41. The fourth-order valence-corrected chi connectivity index (χ4v) is 4.80. The number of amides is 1. The van der Waals surface area contributed by atoms with Crippen molar-refractivity contribution in [2.24, 2.45) is 0 Å². The van der Waals surface area contributed by atoms with Crippen LogP contribution in [-0.4, -0.2) is 76.0 Å². The second-order valence-corrected chi connectivity index (χ2v) is 8.64. The summed E-state index contributed by atoms with van der Waals surface area (Å²) in [5.74, 6) is -0.180. The highest BCUT2D eigenvalue weighted by atomic mass is 32.2. The van der Waals surface area contributed by atoms with Gasteiger partial charge in [-0.1, -0.05) is 6.42 Å². The Bertz CT molecular complexity index is 694. The average Bonchev–Trinajstić information content (AvgIpc) is 2.69. The summed E-state index contributed by atoms with van der Waals surface area (Å²) in [5.41, 5.74) is 0.476. The topological polar surface area (TPSA) is 79.0 Å². The number of benzene rings is 1. The minimum atomic E-state index is -3.45. The normalized spacial score (nSPS) is 20.0. The van der Waals surface area contributed by atoms with Gasteiger partial charge in [-0.25, -0.2) is 8.42 Å². The van der Waals surface area contributed by atoms with Crippen molar-refractivity contribution < 1.29 is 17.9 Å². The monoisotopic (exact) mass is 381 g/mol. The molecule has 0 unspecified atom stereocenters.